The molecule has 6 heteroatoms. The molecule has 0 spiro atoms. The number of carboxylic acid groups (broad SMARTS) is 1. The molecule has 0 saturated heterocycles. The lowest BCUT2D eigenvalue weighted by Crippen LogP contribution is -2.33. The summed E-state index contributed by atoms with van der Waals surface area (Å²) in [6, 6.07) is 5.33. The van der Waals surface area contributed by atoms with Crippen LogP contribution in [-0.4, -0.2) is 28.8 Å². The highest BCUT2D eigenvalue weighted by Gasteiger charge is 2.12. The molecule has 0 unspecified atom stereocenters. The van der Waals surface area contributed by atoms with Gasteiger partial charge in [0.2, 0.25) is 0 Å². The monoisotopic (exact) mass is 255 g/mol. The molecule has 0 aliphatic carbocycles. The van der Waals surface area contributed by atoms with Crippen molar-refractivity contribution >= 4 is 24.6 Å². The Morgan fingerprint density at radius 2 is 1.94 bits per heavy atom. The number of carbonyl (C=O) groups is 2. The van der Waals surface area contributed by atoms with Crippen LogP contribution in [0.5, 0.6) is 0 Å². The summed E-state index contributed by atoms with van der Waals surface area (Å²) in [5.74, 6) is -1.30. The fourth-order valence-corrected chi connectivity index (χ4v) is 1.23. The zero-order chi connectivity index (χ0) is 12.8. The van der Waals surface area contributed by atoms with Crippen molar-refractivity contribution in [3.05, 3.63) is 35.4 Å². The van der Waals surface area contributed by atoms with Gasteiger partial charge in [0, 0.05) is 5.75 Å². The lowest BCUT2D eigenvalue weighted by Gasteiger charge is -2.09. The Morgan fingerprint density at radius 1 is 1.35 bits per heavy atom. The molecule has 0 aliphatic heterocycles. The number of hydrogen-bond donors (Lipinski definition) is 3. The number of thiol groups is 1. The highest BCUT2D eigenvalue weighted by molar-refractivity contribution is 7.80. The van der Waals surface area contributed by atoms with E-state index >= 15 is 0 Å². The zero-order valence-electron chi connectivity index (χ0n) is 9.00. The van der Waals surface area contributed by atoms with E-state index in [0.717, 1.165) is 0 Å². The van der Waals surface area contributed by atoms with Crippen LogP contribution >= 0.6 is 12.6 Å². The van der Waals surface area contributed by atoms with E-state index < -0.39 is 18.0 Å². The van der Waals surface area contributed by atoms with Gasteiger partial charge >= 0.3 is 11.9 Å². The normalized spacial score (nSPS) is 11.9. The van der Waals surface area contributed by atoms with Gasteiger partial charge in [0.15, 0.2) is 0 Å². The lowest BCUT2D eigenvalue weighted by molar-refractivity contribution is -0.145. The fourth-order valence-electron chi connectivity index (χ4n) is 1.08. The van der Waals surface area contributed by atoms with E-state index in [4.69, 9.17) is 15.6 Å². The van der Waals surface area contributed by atoms with E-state index in [-0.39, 0.29) is 17.9 Å². The smallest absolute Gasteiger partial charge is 0.335 e. The minimum Gasteiger partial charge on any atom is -0.478 e. The quantitative estimate of drug-likeness (QED) is 0.532. The number of esters is 1. The summed E-state index contributed by atoms with van der Waals surface area (Å²) in [6.07, 6.45) is 0. The predicted octanol–water partition coefficient (Wildman–Crippen LogP) is 0.685. The first-order valence-electron chi connectivity index (χ1n) is 4.90. The molecule has 1 atom stereocenters. The molecular formula is C11H13NO4S. The third kappa shape index (κ3) is 4.08. The second-order valence-corrected chi connectivity index (χ2v) is 3.76. The summed E-state index contributed by atoms with van der Waals surface area (Å²) in [4.78, 5) is 21.8. The third-order valence-electron chi connectivity index (χ3n) is 2.08. The Kier molecular flexibility index (Phi) is 4.99. The van der Waals surface area contributed by atoms with Gasteiger partial charge in [-0.1, -0.05) is 12.1 Å². The van der Waals surface area contributed by atoms with Crippen molar-refractivity contribution in [2.24, 2.45) is 5.73 Å². The average molecular weight is 255 g/mol. The van der Waals surface area contributed by atoms with Crippen LogP contribution in [0.3, 0.4) is 0 Å². The zero-order valence-corrected chi connectivity index (χ0v) is 9.89. The van der Waals surface area contributed by atoms with E-state index in [1.807, 2.05) is 0 Å². The molecule has 0 radical (unpaired) electrons. The standard InChI is InChI=1S/C11H13NO4S/c12-9(6-17)11(15)16-5-7-1-3-8(4-2-7)10(13)14/h1-4,9,17H,5-6,12H2,(H,13,14)/t9-/m0/s1. The van der Waals surface area contributed by atoms with Crippen LogP contribution < -0.4 is 5.73 Å². The van der Waals surface area contributed by atoms with E-state index in [1.54, 1.807) is 12.1 Å². The third-order valence-corrected chi connectivity index (χ3v) is 2.47. The van der Waals surface area contributed by atoms with Crippen molar-refractivity contribution < 1.29 is 19.4 Å². The van der Waals surface area contributed by atoms with Crippen molar-refractivity contribution in [1.29, 1.82) is 0 Å². The molecule has 17 heavy (non-hydrogen) atoms. The number of benzene rings is 1. The SMILES string of the molecule is N[C@@H](CS)C(=O)OCc1ccc(C(=O)O)cc1. The number of nitrogens with two attached hydrogens (primary N) is 1. The maximum absolute atomic E-state index is 11.2. The molecule has 0 heterocycles. The summed E-state index contributed by atoms with van der Waals surface area (Å²) < 4.78 is 4.92. The van der Waals surface area contributed by atoms with Gasteiger partial charge in [-0.05, 0) is 17.7 Å². The molecule has 0 saturated carbocycles. The molecule has 1 rings (SSSR count). The van der Waals surface area contributed by atoms with Gasteiger partial charge in [-0.3, -0.25) is 4.79 Å². The number of aromatic carboxylic acids is 1. The molecule has 0 aromatic heterocycles. The largest absolute Gasteiger partial charge is 0.478 e. The van der Waals surface area contributed by atoms with Crippen LogP contribution in [-0.2, 0) is 16.1 Å². The second kappa shape index (κ2) is 6.27. The second-order valence-electron chi connectivity index (χ2n) is 3.40. The van der Waals surface area contributed by atoms with Gasteiger partial charge in [-0.15, -0.1) is 0 Å². The van der Waals surface area contributed by atoms with Gasteiger partial charge in [-0.2, -0.15) is 12.6 Å². The average Bonchev–Trinajstić information content (AvgIpc) is 2.35. The van der Waals surface area contributed by atoms with Crippen LogP contribution in [0.2, 0.25) is 0 Å². The van der Waals surface area contributed by atoms with Crippen LogP contribution in [0.15, 0.2) is 24.3 Å². The van der Waals surface area contributed by atoms with E-state index in [2.05, 4.69) is 12.6 Å². The van der Waals surface area contributed by atoms with Gasteiger partial charge in [0.25, 0.3) is 0 Å². The van der Waals surface area contributed by atoms with Crippen LogP contribution in [0, 0.1) is 0 Å². The summed E-state index contributed by atoms with van der Waals surface area (Å²) in [5.41, 5.74) is 6.31. The first-order valence-corrected chi connectivity index (χ1v) is 5.53. The van der Waals surface area contributed by atoms with Gasteiger partial charge in [0.05, 0.1) is 5.56 Å². The number of hydrogen-bond acceptors (Lipinski definition) is 5. The fraction of sp³-hybridized carbons (Fsp3) is 0.273. The molecular weight excluding hydrogens is 242 g/mol. The minimum atomic E-state index is -0.995. The highest BCUT2D eigenvalue weighted by Crippen LogP contribution is 2.06. The number of carboxylic acids is 1. The molecule has 0 amide bonds. The molecule has 1 aromatic carbocycles. The van der Waals surface area contributed by atoms with Gasteiger partial charge in [0.1, 0.15) is 12.6 Å². The Balaban J connectivity index is 2.53. The van der Waals surface area contributed by atoms with Crippen molar-refractivity contribution in [2.75, 3.05) is 5.75 Å². The number of carbonyl (C=O) groups excluding carboxylic acids is 1. The summed E-state index contributed by atoms with van der Waals surface area (Å²) in [5, 5.41) is 8.69. The Hall–Kier alpha value is -1.53. The molecule has 0 bridgehead atoms. The lowest BCUT2D eigenvalue weighted by atomic mass is 10.1. The van der Waals surface area contributed by atoms with E-state index in [0.29, 0.717) is 5.56 Å². The summed E-state index contributed by atoms with van der Waals surface area (Å²) in [6.45, 7) is 0.0697. The molecule has 0 aliphatic rings. The van der Waals surface area contributed by atoms with Crippen molar-refractivity contribution in [3.63, 3.8) is 0 Å². The van der Waals surface area contributed by atoms with Gasteiger partial charge in [-0.25, -0.2) is 4.79 Å². The number of ether oxygens (including phenoxy) is 1. The molecule has 5 nitrogen and oxygen atoms in total. The van der Waals surface area contributed by atoms with Crippen molar-refractivity contribution in [3.8, 4) is 0 Å². The van der Waals surface area contributed by atoms with Crippen LogP contribution in [0.4, 0.5) is 0 Å². The minimum absolute atomic E-state index is 0.0697. The van der Waals surface area contributed by atoms with Crippen molar-refractivity contribution in [2.45, 2.75) is 12.6 Å². The summed E-state index contributed by atoms with van der Waals surface area (Å²) in [7, 11) is 0. The molecule has 92 valence electrons. The topological polar surface area (TPSA) is 89.6 Å². The Morgan fingerprint density at radius 3 is 2.41 bits per heavy atom. The van der Waals surface area contributed by atoms with Crippen LogP contribution in [0.25, 0.3) is 0 Å². The Labute approximate surface area is 104 Å². The maximum Gasteiger partial charge on any atom is 0.335 e. The highest BCUT2D eigenvalue weighted by atomic mass is 32.1. The van der Waals surface area contributed by atoms with Crippen molar-refractivity contribution in [1.82, 2.24) is 0 Å². The summed E-state index contributed by atoms with van der Waals surface area (Å²) >= 11 is 3.88. The van der Waals surface area contributed by atoms with Crippen LogP contribution in [0.1, 0.15) is 15.9 Å². The first-order chi connectivity index (χ1) is 8.04. The Bertz CT molecular complexity index is 404. The number of rotatable bonds is 5. The predicted molar refractivity (Wildman–Crippen MR) is 65.0 cm³/mol. The molecule has 3 N–H and O–H groups in total. The van der Waals surface area contributed by atoms with E-state index in [1.165, 1.54) is 12.1 Å². The molecule has 1 aromatic rings. The molecule has 0 fully saturated rings. The van der Waals surface area contributed by atoms with Gasteiger partial charge < -0.3 is 15.6 Å². The first kappa shape index (κ1) is 13.5. The van der Waals surface area contributed by atoms with E-state index in [9.17, 15) is 9.59 Å². The maximum atomic E-state index is 11.2.